The highest BCUT2D eigenvalue weighted by molar-refractivity contribution is 8.06. The third-order valence-electron chi connectivity index (χ3n) is 7.56. The number of ether oxygens (including phenoxy) is 2. The van der Waals surface area contributed by atoms with Gasteiger partial charge in [0, 0.05) is 23.2 Å². The highest BCUT2D eigenvalue weighted by atomic mass is 32.2. The van der Waals surface area contributed by atoms with E-state index >= 15 is 0 Å². The molecule has 0 saturated carbocycles. The number of hydrogen-bond donors (Lipinski definition) is 0. The van der Waals surface area contributed by atoms with Gasteiger partial charge in [0.1, 0.15) is 11.2 Å². The molecule has 3 aromatic rings. The van der Waals surface area contributed by atoms with E-state index < -0.39 is 0 Å². The van der Waals surface area contributed by atoms with E-state index in [1.807, 2.05) is 23.5 Å². The van der Waals surface area contributed by atoms with Crippen LogP contribution < -0.4 is 4.74 Å². The first-order valence-corrected chi connectivity index (χ1v) is 14.6. The van der Waals surface area contributed by atoms with Crippen LogP contribution >= 0.6 is 23.5 Å². The van der Waals surface area contributed by atoms with Crippen molar-refractivity contribution in [1.82, 2.24) is 0 Å². The Hall–Kier alpha value is -2.40. The molecule has 176 valence electrons. The van der Waals surface area contributed by atoms with Crippen molar-refractivity contribution in [3.8, 4) is 16.9 Å². The van der Waals surface area contributed by atoms with Gasteiger partial charge in [-0.3, -0.25) is 0 Å². The highest BCUT2D eigenvalue weighted by Gasteiger charge is 2.47. The summed E-state index contributed by atoms with van der Waals surface area (Å²) in [6, 6.07) is 26.7. The predicted molar refractivity (Wildman–Crippen MR) is 148 cm³/mol. The number of rotatable bonds is 7. The minimum absolute atomic E-state index is 0.166. The van der Waals surface area contributed by atoms with Crippen molar-refractivity contribution < 1.29 is 9.47 Å². The molecule has 0 radical (unpaired) electrons. The van der Waals surface area contributed by atoms with Crippen LogP contribution in [0.15, 0.2) is 96.6 Å². The van der Waals surface area contributed by atoms with Gasteiger partial charge in [0.25, 0.3) is 0 Å². The van der Waals surface area contributed by atoms with E-state index in [2.05, 4.69) is 91.0 Å². The number of allylic oxidation sites excluding steroid dienone is 2. The summed E-state index contributed by atoms with van der Waals surface area (Å²) in [5, 5.41) is 0.702. The zero-order valence-corrected chi connectivity index (χ0v) is 21.2. The van der Waals surface area contributed by atoms with E-state index in [1.165, 1.54) is 44.9 Å². The van der Waals surface area contributed by atoms with E-state index in [4.69, 9.17) is 9.47 Å². The maximum Gasteiger partial charge on any atom is 0.145 e. The fourth-order valence-corrected chi connectivity index (χ4v) is 6.68. The molecule has 35 heavy (non-hydrogen) atoms. The van der Waals surface area contributed by atoms with Gasteiger partial charge in [-0.1, -0.05) is 78.9 Å². The zero-order valence-electron chi connectivity index (χ0n) is 19.6. The first-order valence-electron chi connectivity index (χ1n) is 12.5. The molecule has 2 saturated heterocycles. The molecule has 2 aliphatic heterocycles. The lowest BCUT2D eigenvalue weighted by Gasteiger charge is -2.36. The second kappa shape index (κ2) is 8.92. The molecule has 0 amide bonds. The fourth-order valence-electron chi connectivity index (χ4n) is 5.66. The van der Waals surface area contributed by atoms with E-state index in [-0.39, 0.29) is 11.5 Å². The summed E-state index contributed by atoms with van der Waals surface area (Å²) in [5.41, 5.74) is 7.94. The van der Waals surface area contributed by atoms with Gasteiger partial charge in [-0.25, -0.2) is 0 Å². The summed E-state index contributed by atoms with van der Waals surface area (Å²) in [5.74, 6) is 3.40. The summed E-state index contributed by atoms with van der Waals surface area (Å²) in [7, 11) is 0. The van der Waals surface area contributed by atoms with Crippen LogP contribution in [0.1, 0.15) is 29.5 Å². The lowest BCUT2D eigenvalue weighted by molar-refractivity contribution is 0.0926. The summed E-state index contributed by atoms with van der Waals surface area (Å²) in [6.45, 7) is 0.862. The van der Waals surface area contributed by atoms with Crippen LogP contribution in [0.25, 0.3) is 11.1 Å². The third-order valence-corrected chi connectivity index (χ3v) is 9.67. The Kier molecular flexibility index (Phi) is 5.57. The topological polar surface area (TPSA) is 18.5 Å². The zero-order chi connectivity index (χ0) is 23.2. The number of hydrogen-bond acceptors (Lipinski definition) is 4. The lowest BCUT2D eigenvalue weighted by atomic mass is 9.66. The van der Waals surface area contributed by atoms with Crippen LogP contribution in [0, 0.1) is 0 Å². The molecule has 4 aliphatic rings. The minimum Gasteiger partial charge on any atom is -0.480 e. The van der Waals surface area contributed by atoms with Crippen LogP contribution in [-0.4, -0.2) is 34.9 Å². The molecule has 2 fully saturated rings. The van der Waals surface area contributed by atoms with Gasteiger partial charge in [0.2, 0.25) is 0 Å². The van der Waals surface area contributed by atoms with E-state index in [0.29, 0.717) is 10.7 Å². The molecule has 0 aromatic heterocycles. The molecule has 4 heteroatoms. The second-order valence-electron chi connectivity index (χ2n) is 9.65. The molecular weight excluding hydrogens is 468 g/mol. The van der Waals surface area contributed by atoms with Crippen LogP contribution in [0.3, 0.4) is 0 Å². The number of fused-ring (bicyclic) bond motifs is 3. The summed E-state index contributed by atoms with van der Waals surface area (Å²) < 4.78 is 12.4. The molecule has 2 heterocycles. The van der Waals surface area contributed by atoms with Crippen molar-refractivity contribution in [2.24, 2.45) is 0 Å². The molecule has 3 aromatic carbocycles. The number of benzene rings is 3. The molecule has 7 rings (SSSR count). The molecule has 0 bridgehead atoms. The largest absolute Gasteiger partial charge is 0.480 e. The Morgan fingerprint density at radius 2 is 1.54 bits per heavy atom. The molecular formula is C31H28O2S2. The van der Waals surface area contributed by atoms with Crippen LogP contribution in [0.5, 0.6) is 5.75 Å². The standard InChI is InChI=1S/C31H28O2S2/c1-3-7-28-26(5-1)27-6-2-4-8-29(27)31(28,21-9-13-23(14-10-21)32-19-25-20-35-25)22-11-15-24(16-12-22)33-30-17-18-34-30/h1-13,15-16,23,25,30H,14,17-20H2. The molecule has 2 aliphatic carbocycles. The van der Waals surface area contributed by atoms with E-state index in [0.717, 1.165) is 25.2 Å². The van der Waals surface area contributed by atoms with Crippen molar-refractivity contribution >= 4 is 23.5 Å². The van der Waals surface area contributed by atoms with Crippen molar-refractivity contribution in [1.29, 1.82) is 0 Å². The third kappa shape index (κ3) is 3.78. The average Bonchev–Trinajstić information content (AvgIpc) is 3.67. The lowest BCUT2D eigenvalue weighted by Crippen LogP contribution is -2.30. The van der Waals surface area contributed by atoms with Gasteiger partial charge in [0.05, 0.1) is 18.1 Å². The Morgan fingerprint density at radius 3 is 2.11 bits per heavy atom. The summed E-state index contributed by atoms with van der Waals surface area (Å²) >= 11 is 3.88. The van der Waals surface area contributed by atoms with Gasteiger partial charge in [-0.15, -0.1) is 11.8 Å². The SMILES string of the molecule is C1=CC(OCC2CS2)CC=C1C1(c2ccc(OC3CCS3)cc2)c2ccccc2-c2ccccc21. The van der Waals surface area contributed by atoms with Gasteiger partial charge in [0.15, 0.2) is 0 Å². The Bertz CT molecular complexity index is 1260. The maximum atomic E-state index is 6.19. The molecule has 0 spiro atoms. The Morgan fingerprint density at radius 1 is 0.857 bits per heavy atom. The molecule has 3 atom stereocenters. The van der Waals surface area contributed by atoms with Gasteiger partial charge in [-0.2, -0.15) is 11.8 Å². The predicted octanol–water partition coefficient (Wildman–Crippen LogP) is 7.23. The monoisotopic (exact) mass is 496 g/mol. The van der Waals surface area contributed by atoms with Gasteiger partial charge in [-0.05, 0) is 51.9 Å². The minimum atomic E-state index is -0.343. The van der Waals surface area contributed by atoms with Gasteiger partial charge < -0.3 is 9.47 Å². The maximum absolute atomic E-state index is 6.19. The van der Waals surface area contributed by atoms with Crippen molar-refractivity contribution in [2.75, 3.05) is 18.1 Å². The highest BCUT2D eigenvalue weighted by Crippen LogP contribution is 2.57. The van der Waals surface area contributed by atoms with Crippen molar-refractivity contribution in [3.63, 3.8) is 0 Å². The number of thioether (sulfide) groups is 2. The summed E-state index contributed by atoms with van der Waals surface area (Å²) in [4.78, 5) is 0. The summed E-state index contributed by atoms with van der Waals surface area (Å²) in [6.07, 6.45) is 9.23. The first-order chi connectivity index (χ1) is 17.3. The normalized spacial score (nSPS) is 25.3. The Labute approximate surface area is 215 Å². The quantitative estimate of drug-likeness (QED) is 0.321. The van der Waals surface area contributed by atoms with Crippen LogP contribution in [-0.2, 0) is 10.2 Å². The first kappa shape index (κ1) is 21.8. The Balaban J connectivity index is 1.32. The van der Waals surface area contributed by atoms with Crippen molar-refractivity contribution in [3.05, 3.63) is 113 Å². The average molecular weight is 497 g/mol. The van der Waals surface area contributed by atoms with Crippen molar-refractivity contribution in [2.45, 2.75) is 35.0 Å². The molecule has 3 unspecified atom stereocenters. The van der Waals surface area contributed by atoms with E-state index in [1.54, 1.807) is 0 Å². The second-order valence-corrected chi connectivity index (χ2v) is 12.3. The van der Waals surface area contributed by atoms with E-state index in [9.17, 15) is 0 Å². The van der Waals surface area contributed by atoms with Gasteiger partial charge >= 0.3 is 0 Å². The fraction of sp³-hybridized carbons (Fsp3) is 0.290. The van der Waals surface area contributed by atoms with Crippen LogP contribution in [0.4, 0.5) is 0 Å². The molecule has 2 nitrogen and oxygen atoms in total. The smallest absolute Gasteiger partial charge is 0.145 e. The molecule has 0 N–H and O–H groups in total. The van der Waals surface area contributed by atoms with Crippen LogP contribution in [0.2, 0.25) is 0 Å².